The van der Waals surface area contributed by atoms with Gasteiger partial charge in [0.1, 0.15) is 29.6 Å². The minimum Gasteiger partial charge on any atom is -0.469 e. The van der Waals surface area contributed by atoms with Gasteiger partial charge in [-0.2, -0.15) is 0 Å². The van der Waals surface area contributed by atoms with E-state index in [9.17, 15) is 19.5 Å². The van der Waals surface area contributed by atoms with Crippen LogP contribution in [0.5, 0.6) is 5.75 Å². The number of anilines is 1. The molecule has 12 heteroatoms. The van der Waals surface area contributed by atoms with Crippen LogP contribution in [0.1, 0.15) is 117 Å². The first-order valence-corrected chi connectivity index (χ1v) is 18.7. The number of aryl methyl sites for hydroxylation is 1. The number of ether oxygens (including phenoxy) is 2. The van der Waals surface area contributed by atoms with Crippen molar-refractivity contribution in [1.29, 1.82) is 0 Å². The molecule has 12 nitrogen and oxygen atoms in total. The third-order valence-corrected chi connectivity index (χ3v) is 10.9. The van der Waals surface area contributed by atoms with Gasteiger partial charge in [-0.15, -0.1) is 0 Å². The highest BCUT2D eigenvalue weighted by Gasteiger charge is 2.61. The van der Waals surface area contributed by atoms with Gasteiger partial charge in [0, 0.05) is 23.6 Å². The van der Waals surface area contributed by atoms with Gasteiger partial charge in [0.15, 0.2) is 29.2 Å². The van der Waals surface area contributed by atoms with Gasteiger partial charge in [-0.05, 0) is 53.9 Å². The van der Waals surface area contributed by atoms with Crippen molar-refractivity contribution in [2.75, 3.05) is 12.4 Å². The minimum atomic E-state index is -1.19. The maximum atomic E-state index is 14.2. The van der Waals surface area contributed by atoms with Crippen molar-refractivity contribution < 1.29 is 37.8 Å². The molecule has 4 aromatic rings. The van der Waals surface area contributed by atoms with Crippen LogP contribution in [0.15, 0.2) is 51.5 Å². The van der Waals surface area contributed by atoms with E-state index in [1.165, 1.54) is 19.8 Å². The van der Waals surface area contributed by atoms with Gasteiger partial charge >= 0.3 is 5.97 Å². The Morgan fingerprint density at radius 1 is 1.06 bits per heavy atom. The van der Waals surface area contributed by atoms with Crippen LogP contribution in [0.4, 0.5) is 5.69 Å². The van der Waals surface area contributed by atoms with Crippen molar-refractivity contribution >= 4 is 23.3 Å². The van der Waals surface area contributed by atoms with Crippen LogP contribution in [-0.4, -0.2) is 52.2 Å². The standard InChI is InChI=1S/C41H48N4O8/c1-7-8-9-10-12-24-13-11-14-26-32(24)45-40-41(26)27-18-23(15-16-30(27)52-40)17-25(19-29(46)34(47)22(4)5)36(48)43-31(21(2)3)38-44-33(35(41)53-38)37-42-28(20-51-37)39(49)50-6/h11,13-16,18,20-22,25,31,34,40,45,47H,7-10,12,17,19H2,1-6H3,(H,43,48)/t25-,31+,34+,40+,41?/m1/s1. The number of para-hydroxylation sites is 1. The van der Waals surface area contributed by atoms with E-state index in [-0.39, 0.29) is 59.5 Å². The Hall–Kier alpha value is -4.97. The lowest BCUT2D eigenvalue weighted by Crippen LogP contribution is -2.41. The van der Waals surface area contributed by atoms with Crippen molar-refractivity contribution in [1.82, 2.24) is 15.3 Å². The highest BCUT2D eigenvalue weighted by molar-refractivity contribution is 5.90. The minimum absolute atomic E-state index is 0.0283. The number of esters is 1. The molecule has 280 valence electrons. The zero-order chi connectivity index (χ0) is 37.6. The quantitative estimate of drug-likeness (QED) is 0.105. The second-order valence-corrected chi connectivity index (χ2v) is 15.2. The summed E-state index contributed by atoms with van der Waals surface area (Å²) < 4.78 is 24.5. The summed E-state index contributed by atoms with van der Waals surface area (Å²) in [5.74, 6) is -1.39. The summed E-state index contributed by atoms with van der Waals surface area (Å²) in [7, 11) is 1.27. The molecule has 2 aromatic carbocycles. The topological polar surface area (TPSA) is 166 Å². The number of aromatic nitrogens is 2. The molecule has 0 aliphatic carbocycles. The Kier molecular flexibility index (Phi) is 9.92. The number of fused-ring (bicyclic) bond motifs is 4. The molecule has 2 aromatic heterocycles. The molecule has 0 saturated carbocycles. The summed E-state index contributed by atoms with van der Waals surface area (Å²) >= 11 is 0. The van der Waals surface area contributed by atoms with Gasteiger partial charge in [-0.25, -0.2) is 14.8 Å². The van der Waals surface area contributed by atoms with Gasteiger partial charge in [0.25, 0.3) is 0 Å². The molecule has 3 N–H and O–H groups in total. The number of hydrogen-bond acceptors (Lipinski definition) is 11. The Morgan fingerprint density at radius 3 is 2.60 bits per heavy atom. The lowest BCUT2D eigenvalue weighted by Gasteiger charge is -2.28. The molecule has 0 saturated heterocycles. The van der Waals surface area contributed by atoms with Crippen molar-refractivity contribution in [2.24, 2.45) is 17.8 Å². The molecule has 0 radical (unpaired) electrons. The molecule has 3 aliphatic heterocycles. The number of hydrogen-bond donors (Lipinski definition) is 3. The maximum absolute atomic E-state index is 14.2. The number of oxazole rings is 2. The van der Waals surface area contributed by atoms with Gasteiger partial charge in [-0.3, -0.25) is 9.59 Å². The number of nitrogens with zero attached hydrogens (tertiary/aromatic N) is 2. The first-order chi connectivity index (χ1) is 25.5. The second kappa shape index (κ2) is 14.5. The van der Waals surface area contributed by atoms with Gasteiger partial charge in [0.05, 0.1) is 7.11 Å². The van der Waals surface area contributed by atoms with Crippen LogP contribution in [0.2, 0.25) is 0 Å². The van der Waals surface area contributed by atoms with Crippen molar-refractivity contribution in [3.05, 3.63) is 82.3 Å². The normalized spacial score (nSPS) is 21.9. The number of benzene rings is 2. The van der Waals surface area contributed by atoms with Gasteiger partial charge in [-0.1, -0.05) is 84.2 Å². The van der Waals surface area contributed by atoms with E-state index in [0.717, 1.165) is 53.6 Å². The fraction of sp³-hybridized carbons (Fsp3) is 0.488. The summed E-state index contributed by atoms with van der Waals surface area (Å²) in [6.45, 7) is 9.64. The van der Waals surface area contributed by atoms with E-state index in [1.807, 2.05) is 32.0 Å². The number of carbonyl (C=O) groups excluding carboxylic acids is 3. The van der Waals surface area contributed by atoms with Crippen LogP contribution >= 0.6 is 0 Å². The summed E-state index contributed by atoms with van der Waals surface area (Å²) in [5.41, 5.74) is 3.81. The molecule has 0 fully saturated rings. The number of amides is 1. The molecule has 1 spiro atoms. The van der Waals surface area contributed by atoms with Crippen LogP contribution in [0, 0.1) is 17.8 Å². The number of ketones is 1. The smallest absolute Gasteiger partial charge is 0.360 e. The predicted molar refractivity (Wildman–Crippen MR) is 195 cm³/mol. The molecular weight excluding hydrogens is 676 g/mol. The molecule has 1 amide bonds. The van der Waals surface area contributed by atoms with E-state index in [2.05, 4.69) is 40.7 Å². The Bertz CT molecular complexity index is 2030. The first-order valence-electron chi connectivity index (χ1n) is 18.7. The maximum Gasteiger partial charge on any atom is 0.360 e. The Labute approximate surface area is 309 Å². The zero-order valence-corrected chi connectivity index (χ0v) is 31.2. The van der Waals surface area contributed by atoms with E-state index in [1.54, 1.807) is 13.8 Å². The fourth-order valence-electron chi connectivity index (χ4n) is 7.97. The number of Topliss-reactive ketones (excluding diaryl/α,β-unsaturated/α-hetero) is 1. The molecule has 3 aliphatic rings. The van der Waals surface area contributed by atoms with Crippen LogP contribution in [-0.2, 0) is 32.6 Å². The number of rotatable bonds is 12. The summed E-state index contributed by atoms with van der Waals surface area (Å²) in [6, 6.07) is 11.4. The van der Waals surface area contributed by atoms with Crippen molar-refractivity contribution in [2.45, 2.75) is 103 Å². The summed E-state index contributed by atoms with van der Waals surface area (Å²) in [5, 5.41) is 17.5. The molecular formula is C41H48N4O8. The monoisotopic (exact) mass is 724 g/mol. The lowest BCUT2D eigenvalue weighted by atomic mass is 9.72. The number of aliphatic hydroxyl groups is 1. The van der Waals surface area contributed by atoms with Crippen LogP contribution < -0.4 is 15.4 Å². The van der Waals surface area contributed by atoms with Gasteiger partial charge < -0.3 is 34.0 Å². The molecule has 53 heavy (non-hydrogen) atoms. The van der Waals surface area contributed by atoms with E-state index < -0.39 is 35.7 Å². The summed E-state index contributed by atoms with van der Waals surface area (Å²) in [4.78, 5) is 49.5. The molecule has 5 heterocycles. The third kappa shape index (κ3) is 6.30. The van der Waals surface area contributed by atoms with Gasteiger partial charge in [0.2, 0.25) is 17.7 Å². The van der Waals surface area contributed by atoms with Crippen LogP contribution in [0.3, 0.4) is 0 Å². The van der Waals surface area contributed by atoms with E-state index in [0.29, 0.717) is 11.5 Å². The highest BCUT2D eigenvalue weighted by atomic mass is 16.5. The Balaban J connectivity index is 1.46. The molecule has 5 atom stereocenters. The number of carbonyl (C=O) groups is 3. The van der Waals surface area contributed by atoms with Crippen molar-refractivity contribution in [3.63, 3.8) is 0 Å². The van der Waals surface area contributed by atoms with Crippen LogP contribution in [0.25, 0.3) is 11.6 Å². The number of nitrogens with one attached hydrogen (secondary N) is 2. The average Bonchev–Trinajstić information content (AvgIpc) is 3.92. The summed E-state index contributed by atoms with van der Waals surface area (Å²) in [6.07, 6.45) is 4.85. The zero-order valence-electron chi connectivity index (χ0n) is 31.2. The molecule has 7 rings (SSSR count). The number of unbranched alkanes of at least 4 members (excludes halogenated alkanes) is 3. The largest absolute Gasteiger partial charge is 0.469 e. The average molecular weight is 725 g/mol. The SMILES string of the molecule is CCCCCCc1cccc2c1N[C@H]1Oc3ccc4cc3C21c1oc(nc1-c1nc(C(=O)OC)co1)[C@H](C(C)C)NC(=O)[C@@H](CC(=O)[C@@H](O)C(C)C)C4. The first kappa shape index (κ1) is 36.4. The lowest BCUT2D eigenvalue weighted by molar-refractivity contribution is -0.135. The molecule has 4 bridgehead atoms. The van der Waals surface area contributed by atoms with Crippen molar-refractivity contribution in [3.8, 4) is 17.3 Å². The van der Waals surface area contributed by atoms with E-state index >= 15 is 0 Å². The number of aliphatic hydroxyl groups excluding tert-OH is 1. The third-order valence-electron chi connectivity index (χ3n) is 10.9. The second-order valence-electron chi connectivity index (χ2n) is 15.2. The van der Waals surface area contributed by atoms with E-state index in [4.69, 9.17) is 23.3 Å². The Morgan fingerprint density at radius 2 is 1.87 bits per heavy atom. The molecule has 1 unspecified atom stereocenters. The highest BCUT2D eigenvalue weighted by Crippen LogP contribution is 2.60. The number of methoxy groups -OCH3 is 1. The fourth-order valence-corrected chi connectivity index (χ4v) is 7.97. The predicted octanol–water partition coefficient (Wildman–Crippen LogP) is 6.68.